The Morgan fingerprint density at radius 1 is 0.462 bits per heavy atom. The van der Waals surface area contributed by atoms with Gasteiger partial charge >= 0.3 is 0 Å². The number of amides is 8. The van der Waals surface area contributed by atoms with E-state index in [1.807, 2.05) is 83.3 Å². The Labute approximate surface area is 747 Å². The maximum Gasteiger partial charge on any atom is 0.231 e. The lowest BCUT2D eigenvalue weighted by atomic mass is 9.97. The average Bonchev–Trinajstić information content (AvgIpc) is 1.51. The fourth-order valence-corrected chi connectivity index (χ4v) is 17.2. The van der Waals surface area contributed by atoms with Gasteiger partial charge in [-0.2, -0.15) is 21.0 Å². The van der Waals surface area contributed by atoms with Crippen LogP contribution in [0.25, 0.3) is 65.0 Å². The van der Waals surface area contributed by atoms with Crippen LogP contribution in [0.4, 0.5) is 79.0 Å². The number of nitrogen functional groups attached to an aromatic ring is 5. The molecule has 15 N–H and O–H groups in total. The number of nitrogens with two attached hydrogens (primary N) is 5. The van der Waals surface area contributed by atoms with Gasteiger partial charge < -0.3 is 74.5 Å². The van der Waals surface area contributed by atoms with Crippen LogP contribution in [-0.2, 0) is 45.4 Å². The summed E-state index contributed by atoms with van der Waals surface area (Å²) in [5, 5.41) is 57.4. The number of pyridine rings is 5. The highest BCUT2D eigenvalue weighted by molar-refractivity contribution is 6.17. The molecule has 3 saturated heterocycles. The number of alkyl halides is 1. The number of aliphatic imine (C=N–C) groups is 1. The number of allylic oxidation sites excluding steroid dienone is 1. The van der Waals surface area contributed by atoms with Gasteiger partial charge in [-0.1, -0.05) is 33.8 Å². The van der Waals surface area contributed by atoms with E-state index >= 15 is 0 Å². The van der Waals surface area contributed by atoms with Crippen LogP contribution in [0.15, 0.2) is 151 Å². The Morgan fingerprint density at radius 3 is 1.12 bits per heavy atom. The predicted molar refractivity (Wildman–Crippen MR) is 498 cm³/mol. The van der Waals surface area contributed by atoms with Gasteiger partial charge in [-0.3, -0.25) is 43.3 Å². The van der Waals surface area contributed by atoms with Gasteiger partial charge in [0.2, 0.25) is 47.3 Å². The lowest BCUT2D eigenvalue weighted by molar-refractivity contribution is -0.120. The van der Waals surface area contributed by atoms with Gasteiger partial charge in [0.25, 0.3) is 0 Å². The third-order valence-corrected chi connectivity index (χ3v) is 25.4. The number of benzene rings is 5. The summed E-state index contributed by atoms with van der Waals surface area (Å²) in [5.74, 6) is -0.426. The van der Waals surface area contributed by atoms with Gasteiger partial charge in [-0.25, -0.2) is 29.3 Å². The lowest BCUT2D eigenvalue weighted by Crippen LogP contribution is -2.30. The van der Waals surface area contributed by atoms with E-state index < -0.39 is 12.1 Å². The van der Waals surface area contributed by atoms with Crippen LogP contribution in [0.1, 0.15) is 117 Å². The summed E-state index contributed by atoms with van der Waals surface area (Å²) in [6.45, 7) is 14.3. The van der Waals surface area contributed by atoms with E-state index in [9.17, 15) is 42.7 Å². The highest BCUT2D eigenvalue weighted by Gasteiger charge is 2.47. The molecule has 5 saturated carbocycles. The van der Waals surface area contributed by atoms with Crippen LogP contribution in [0.2, 0.25) is 0 Å². The molecule has 0 bridgehead atoms. The number of nitrogens with one attached hydrogen (secondary N) is 5. The Kier molecular flexibility index (Phi) is 24.4. The molecule has 9 aliphatic rings. The zero-order valence-corrected chi connectivity index (χ0v) is 72.6. The quantitative estimate of drug-likeness (QED) is 0.0402. The Balaban J connectivity index is 0.000000119. The minimum Gasteiger partial charge on any atom is -0.398 e. The summed E-state index contributed by atoms with van der Waals surface area (Å²) in [6.07, 6.45) is 17.0. The largest absolute Gasteiger partial charge is 0.398 e. The zero-order valence-electron chi connectivity index (χ0n) is 72.6. The van der Waals surface area contributed by atoms with Crippen molar-refractivity contribution < 1.29 is 42.7 Å². The van der Waals surface area contributed by atoms with E-state index in [1.54, 1.807) is 82.1 Å². The second kappa shape index (κ2) is 36.1. The van der Waals surface area contributed by atoms with E-state index in [0.717, 1.165) is 118 Å². The Morgan fingerprint density at radius 2 is 0.800 bits per heavy atom. The smallest absolute Gasteiger partial charge is 0.231 e. The lowest BCUT2D eigenvalue weighted by Gasteiger charge is -2.22. The molecule has 8 fully saturated rings. The molecule has 4 aliphatic heterocycles. The van der Waals surface area contributed by atoms with E-state index in [1.165, 1.54) is 5.69 Å². The number of nitrogens with zero attached hydrogens (tertiary/aromatic N) is 14. The summed E-state index contributed by atoms with van der Waals surface area (Å²) in [5.41, 5.74) is 42.6. The number of aromatic nitrogens is 6. The van der Waals surface area contributed by atoms with Crippen molar-refractivity contribution in [1.29, 1.82) is 21.0 Å². The molecule has 0 spiro atoms. The summed E-state index contributed by atoms with van der Waals surface area (Å²) >= 11 is 0. The number of fused-ring (bicyclic) bond motifs is 5. The first-order valence-corrected chi connectivity index (χ1v) is 43.4. The summed E-state index contributed by atoms with van der Waals surface area (Å²) < 4.78 is 15.1. The molecular weight excluding hydrogens is 1650 g/mol. The third-order valence-electron chi connectivity index (χ3n) is 25.4. The topological polar surface area (TPSA) is 513 Å². The molecule has 13 atom stereocenters. The number of aryl methyl sites for hydroxylation is 1. The monoisotopic (exact) mass is 1740 g/mol. The average molecular weight is 1750 g/mol. The van der Waals surface area contributed by atoms with Crippen molar-refractivity contribution in [3.8, 4) is 35.4 Å². The van der Waals surface area contributed by atoms with Crippen molar-refractivity contribution in [3.05, 3.63) is 157 Å². The number of anilines is 13. The molecule has 11 aromatic rings. The van der Waals surface area contributed by atoms with E-state index in [4.69, 9.17) is 49.7 Å². The van der Waals surface area contributed by atoms with Crippen LogP contribution < -0.4 is 70.0 Å². The first-order chi connectivity index (χ1) is 62.3. The second-order valence-electron chi connectivity index (χ2n) is 35.3. The molecule has 33 heteroatoms. The third kappa shape index (κ3) is 18.7. The highest BCUT2D eigenvalue weighted by atomic mass is 19.1. The van der Waals surface area contributed by atoms with Crippen molar-refractivity contribution in [2.75, 3.05) is 89.6 Å². The predicted octanol–water partition coefficient (Wildman–Crippen LogP) is 13.9. The van der Waals surface area contributed by atoms with Gasteiger partial charge in [0, 0.05) is 171 Å². The molecule has 0 unspecified atom stereocenters. The van der Waals surface area contributed by atoms with Crippen LogP contribution in [0.3, 0.4) is 0 Å². The minimum absolute atomic E-state index is 0.0193. The van der Waals surface area contributed by atoms with Crippen LogP contribution in [-0.4, -0.2) is 114 Å². The van der Waals surface area contributed by atoms with Gasteiger partial charge in [0.15, 0.2) is 0 Å². The normalized spacial score (nSPS) is 22.8. The highest BCUT2D eigenvalue weighted by Crippen LogP contribution is 2.45. The number of halogens is 1. The van der Waals surface area contributed by atoms with Crippen LogP contribution >= 0.6 is 0 Å². The van der Waals surface area contributed by atoms with Crippen molar-refractivity contribution in [2.45, 2.75) is 117 Å². The molecular formula is C97H97FN24O8. The van der Waals surface area contributed by atoms with Gasteiger partial charge in [0.05, 0.1) is 89.8 Å². The molecule has 10 heterocycles. The molecule has 130 heavy (non-hydrogen) atoms. The molecule has 0 radical (unpaired) electrons. The zero-order chi connectivity index (χ0) is 92.1. The number of rotatable bonds is 16. The fraction of sp³-hybridized carbons (Fsp3) is 0.340. The van der Waals surface area contributed by atoms with E-state index in [0.29, 0.717) is 115 Å². The number of hydrogen-bond acceptors (Lipinski definition) is 23. The van der Waals surface area contributed by atoms with Gasteiger partial charge in [-0.05, 0) is 206 Å². The molecule has 660 valence electrons. The molecule has 5 aromatic carbocycles. The van der Waals surface area contributed by atoms with Crippen LogP contribution in [0.5, 0.6) is 0 Å². The number of nitriles is 4. The maximum absolute atomic E-state index is 13.0. The van der Waals surface area contributed by atoms with E-state index in [-0.39, 0.29) is 119 Å². The standard InChI is InChI=1S/C22H23N5O.2C19H19N5O2.C19H17N5O.C18H19FN4O2/c1-12(2)21-16(4-5-27(21)3)13-6-14-9-20(25-11-18(14)19(24)8-13)26-22(28)17-7-15(17)10-23;2*1-10-2-3-24(19(10)26)13-4-11-6-17(22-9-15(11)16(21)7-13)23-18(25)14-5-12(14)8-20;1-10-2-3-22-18(10)12-4-11-7-17(23-9-15(11)16(21)6-12)24-19(25)14-5-13(14)8-20;1-9-2-3-17(24)23(9)11-4-10-5-16(21-8-13(10)15(20)6-11)22-18(25)12-7-14(12)19/h4-6,8-9,11-12,15,17H,7,24H2,1-3H3,(H,25,26,28);2*4,6-7,9-10,12,14H,2-3,5,21H2,1H3,(H,22,23,25);2,4,6-7,9,13-14H,3,5,21H2,1H3,(H,23,24,25);4-6,8-9,12,14H,2-3,7,20H2,1H3,(H,21,22,25)/t15-,17+;10-,12+,14-;10-,12-,14+;13-,14+;9-,12+,14-/m00100/s1. The van der Waals surface area contributed by atoms with Crippen molar-refractivity contribution >= 4 is 181 Å². The summed E-state index contributed by atoms with van der Waals surface area (Å²) in [4.78, 5) is 128. The number of hydrogen-bond donors (Lipinski definition) is 10. The maximum atomic E-state index is 13.0. The second-order valence-corrected chi connectivity index (χ2v) is 35.3. The van der Waals surface area contributed by atoms with Crippen molar-refractivity contribution in [2.24, 2.45) is 77.1 Å². The molecule has 20 rings (SSSR count). The van der Waals surface area contributed by atoms with Crippen molar-refractivity contribution in [1.82, 2.24) is 29.5 Å². The molecule has 5 aliphatic carbocycles. The number of carbonyl (C=O) groups is 8. The van der Waals surface area contributed by atoms with Crippen molar-refractivity contribution in [3.63, 3.8) is 0 Å². The summed E-state index contributed by atoms with van der Waals surface area (Å²) in [7, 11) is 2.05. The van der Waals surface area contributed by atoms with Crippen LogP contribution in [0, 0.1) is 110 Å². The van der Waals surface area contributed by atoms with Gasteiger partial charge in [0.1, 0.15) is 35.3 Å². The molecule has 32 nitrogen and oxygen atoms in total. The molecule has 6 aromatic heterocycles. The molecule has 8 amide bonds. The van der Waals surface area contributed by atoms with Gasteiger partial charge in [-0.15, -0.1) is 0 Å². The Hall–Kier alpha value is -15.5. The minimum atomic E-state index is -1.05. The van der Waals surface area contributed by atoms with E-state index in [2.05, 4.69) is 124 Å². The Bertz CT molecular complexity index is 6640. The summed E-state index contributed by atoms with van der Waals surface area (Å²) in [6, 6.07) is 38.6. The first-order valence-electron chi connectivity index (χ1n) is 43.4. The number of carbonyl (C=O) groups excluding carboxylic acids is 8. The first kappa shape index (κ1) is 87.9. The SMILES string of the molecule is CC(C)c1c(-c2cc(N)c3cnc(NC(=O)[C@@H]4C[C@H]4C#N)cc3c2)ccn1C.CC1=CCN=C1c1cc(N)c2cnc(NC(=O)[C@@H]3C[C@H]3C#N)cc2c1.C[C@@H]1CCN(c2cc(N)c3cnc(NC(=O)[C@H]4C[C@@H]4C#N)cc3c2)C1=O.C[C@H]1CCC(=O)N1c1cc(N)c2cnc(NC(=O)[C@@H]3C[C@@H]3F)cc2c1.C[C@H]1CCN(c2cc(N)c3cnc(NC(=O)[C@H]4C[C@@H]4C#N)cc3c2)C1=O. The fourth-order valence-electron chi connectivity index (χ4n) is 17.2.